The van der Waals surface area contributed by atoms with Crippen LogP contribution in [0.2, 0.25) is 0 Å². The van der Waals surface area contributed by atoms with Crippen molar-refractivity contribution < 1.29 is 22.5 Å². The molecule has 1 fully saturated rings. The molecule has 6 rings (SSSR count). The summed E-state index contributed by atoms with van der Waals surface area (Å²) in [6.45, 7) is 4.14. The molecular formula is C28H25F2N5O3S. The third-order valence-electron chi connectivity index (χ3n) is 6.65. The molecule has 1 saturated heterocycles. The van der Waals surface area contributed by atoms with Gasteiger partial charge in [-0.25, -0.2) is 17.7 Å². The maximum Gasteiger partial charge on any atom is 0.165 e. The van der Waals surface area contributed by atoms with Gasteiger partial charge < -0.3 is 25.1 Å². The van der Waals surface area contributed by atoms with Gasteiger partial charge in [0, 0.05) is 24.0 Å². The van der Waals surface area contributed by atoms with Crippen LogP contribution >= 0.6 is 0 Å². The van der Waals surface area contributed by atoms with Gasteiger partial charge in [0.05, 0.1) is 30.8 Å². The highest BCUT2D eigenvalue weighted by atomic mass is 32.2. The van der Waals surface area contributed by atoms with Crippen LogP contribution < -0.4 is 15.4 Å². The summed E-state index contributed by atoms with van der Waals surface area (Å²) in [5, 5.41) is 5.37. The number of aromatic amines is 1. The minimum absolute atomic E-state index is 0.121. The van der Waals surface area contributed by atoms with Crippen molar-refractivity contribution in [3.8, 4) is 17.2 Å². The zero-order chi connectivity index (χ0) is 27.1. The van der Waals surface area contributed by atoms with Crippen LogP contribution in [0.15, 0.2) is 76.8 Å². The van der Waals surface area contributed by atoms with E-state index in [4.69, 9.17) is 15.2 Å². The molecule has 11 heteroatoms. The molecule has 0 bridgehead atoms. The lowest BCUT2D eigenvalue weighted by Crippen LogP contribution is -2.36. The number of morpholine rings is 1. The van der Waals surface area contributed by atoms with E-state index in [0.717, 1.165) is 5.56 Å². The second kappa shape index (κ2) is 10.2. The van der Waals surface area contributed by atoms with Gasteiger partial charge in [-0.05, 0) is 61.0 Å². The van der Waals surface area contributed by atoms with Gasteiger partial charge in [0.2, 0.25) is 0 Å². The number of nitrogens with zero attached hydrogens (tertiary/aromatic N) is 3. The minimum atomic E-state index is -1.69. The Morgan fingerprint density at radius 3 is 2.59 bits per heavy atom. The fourth-order valence-electron chi connectivity index (χ4n) is 4.64. The molecule has 1 aliphatic rings. The first kappa shape index (κ1) is 25.1. The number of para-hydroxylation sites is 1. The second-order valence-corrected chi connectivity index (χ2v) is 10.6. The van der Waals surface area contributed by atoms with Gasteiger partial charge in [-0.1, -0.05) is 12.1 Å². The first-order valence-electron chi connectivity index (χ1n) is 12.3. The highest BCUT2D eigenvalue weighted by Crippen LogP contribution is 2.32. The first-order valence-corrected chi connectivity index (χ1v) is 13.5. The van der Waals surface area contributed by atoms with Gasteiger partial charge >= 0.3 is 0 Å². The van der Waals surface area contributed by atoms with Crippen molar-refractivity contribution in [2.24, 2.45) is 0 Å². The van der Waals surface area contributed by atoms with Crippen LogP contribution in [-0.4, -0.2) is 45.3 Å². The monoisotopic (exact) mass is 549 g/mol. The van der Waals surface area contributed by atoms with Gasteiger partial charge in [0.1, 0.15) is 38.1 Å². The van der Waals surface area contributed by atoms with E-state index in [0.29, 0.717) is 64.3 Å². The van der Waals surface area contributed by atoms with Crippen molar-refractivity contribution in [2.45, 2.75) is 16.8 Å². The van der Waals surface area contributed by atoms with Crippen molar-refractivity contribution in [1.82, 2.24) is 14.8 Å². The minimum Gasteiger partial charge on any atom is -0.454 e. The van der Waals surface area contributed by atoms with Crippen molar-refractivity contribution in [2.75, 3.05) is 36.9 Å². The molecule has 3 N–H and O–H groups in total. The Hall–Kier alpha value is -4.22. The number of H-pyrrole nitrogens is 1. The average Bonchev–Trinajstić information content (AvgIpc) is 3.53. The van der Waals surface area contributed by atoms with E-state index in [9.17, 15) is 13.0 Å². The van der Waals surface area contributed by atoms with Crippen molar-refractivity contribution in [3.63, 3.8) is 0 Å². The summed E-state index contributed by atoms with van der Waals surface area (Å²) in [5.74, 6) is -0.0161. The molecule has 1 aliphatic heterocycles. The molecule has 1 unspecified atom stereocenters. The lowest BCUT2D eigenvalue weighted by atomic mass is 10.2. The smallest absolute Gasteiger partial charge is 0.165 e. The SMILES string of the molecule is Cc1cc(Oc2ccccc2F)ccc1-n1ncc(S(=O)c2cc3cc(F)c(N4CCOCC4)cc3[nH]2)c1N. The van der Waals surface area contributed by atoms with E-state index < -0.39 is 16.6 Å². The van der Waals surface area contributed by atoms with E-state index in [2.05, 4.69) is 10.1 Å². The Morgan fingerprint density at radius 2 is 1.82 bits per heavy atom. The summed E-state index contributed by atoms with van der Waals surface area (Å²) in [6, 6.07) is 16.2. The zero-order valence-corrected chi connectivity index (χ0v) is 21.8. The maximum atomic E-state index is 14.9. The molecule has 0 aliphatic carbocycles. The molecule has 5 aromatic rings. The fourth-order valence-corrected chi connectivity index (χ4v) is 5.73. The Morgan fingerprint density at radius 1 is 1.03 bits per heavy atom. The van der Waals surface area contributed by atoms with Gasteiger partial charge in [-0.15, -0.1) is 0 Å². The van der Waals surface area contributed by atoms with Crippen LogP contribution in [0, 0.1) is 18.6 Å². The quantitative estimate of drug-likeness (QED) is 0.298. The number of nitrogens with two attached hydrogens (primary N) is 1. The van der Waals surface area contributed by atoms with Crippen LogP contribution in [0.1, 0.15) is 5.56 Å². The number of ether oxygens (including phenoxy) is 2. The number of nitrogens with one attached hydrogen (secondary N) is 1. The summed E-state index contributed by atoms with van der Waals surface area (Å²) in [5.41, 5.74) is 8.98. The number of halogens is 2. The zero-order valence-electron chi connectivity index (χ0n) is 21.0. The molecule has 0 spiro atoms. The highest BCUT2D eigenvalue weighted by molar-refractivity contribution is 7.85. The molecule has 8 nitrogen and oxygen atoms in total. The highest BCUT2D eigenvalue weighted by Gasteiger charge is 2.21. The lowest BCUT2D eigenvalue weighted by Gasteiger charge is -2.29. The summed E-state index contributed by atoms with van der Waals surface area (Å²) in [6.07, 6.45) is 1.46. The summed E-state index contributed by atoms with van der Waals surface area (Å²) >= 11 is 0. The molecule has 2 aromatic heterocycles. The average molecular weight is 550 g/mol. The Kier molecular flexibility index (Phi) is 6.53. The van der Waals surface area contributed by atoms with Crippen molar-refractivity contribution in [1.29, 1.82) is 0 Å². The summed E-state index contributed by atoms with van der Waals surface area (Å²) < 4.78 is 54.9. The van der Waals surface area contributed by atoms with E-state index in [1.807, 2.05) is 11.8 Å². The third kappa shape index (κ3) is 4.75. The number of hydrogen-bond donors (Lipinski definition) is 2. The van der Waals surface area contributed by atoms with Crippen LogP contribution in [0.4, 0.5) is 20.3 Å². The van der Waals surface area contributed by atoms with Crippen molar-refractivity contribution in [3.05, 3.63) is 84.1 Å². The van der Waals surface area contributed by atoms with Crippen molar-refractivity contribution >= 4 is 33.2 Å². The molecule has 200 valence electrons. The number of fused-ring (bicyclic) bond motifs is 1. The number of rotatable bonds is 6. The number of aromatic nitrogens is 3. The number of aryl methyl sites for hydroxylation is 1. The van der Waals surface area contributed by atoms with E-state index in [1.54, 1.807) is 48.5 Å². The van der Waals surface area contributed by atoms with E-state index in [-0.39, 0.29) is 17.4 Å². The lowest BCUT2D eigenvalue weighted by molar-refractivity contribution is 0.122. The summed E-state index contributed by atoms with van der Waals surface area (Å²) in [7, 11) is -1.69. The molecule has 39 heavy (non-hydrogen) atoms. The summed E-state index contributed by atoms with van der Waals surface area (Å²) in [4.78, 5) is 5.42. The standard InChI is InChI=1S/C28H25F2N5O3S/c1-17-12-19(38-25-5-3-2-4-20(25)29)6-7-23(17)35-28(31)26(16-32-35)39(36)27-14-18-13-21(30)24(15-22(18)33-27)34-8-10-37-11-9-34/h2-7,12-16,33H,8-11,31H2,1H3. The fraction of sp³-hybridized carbons (Fsp3) is 0.179. The second-order valence-electron chi connectivity index (χ2n) is 9.18. The van der Waals surface area contributed by atoms with Gasteiger partial charge in [-0.3, -0.25) is 0 Å². The number of nitrogen functional groups attached to an aromatic ring is 1. The normalized spacial score (nSPS) is 14.6. The van der Waals surface area contributed by atoms with E-state index in [1.165, 1.54) is 23.0 Å². The Labute approximate surface area is 225 Å². The van der Waals surface area contributed by atoms with Crippen LogP contribution in [0.25, 0.3) is 16.6 Å². The maximum absolute atomic E-state index is 14.9. The predicted molar refractivity (Wildman–Crippen MR) is 145 cm³/mol. The Bertz CT molecular complexity index is 1710. The largest absolute Gasteiger partial charge is 0.454 e. The first-order chi connectivity index (χ1) is 18.9. The predicted octanol–water partition coefficient (Wildman–Crippen LogP) is 5.32. The topological polar surface area (TPSA) is 98.4 Å². The molecule has 0 saturated carbocycles. The van der Waals surface area contributed by atoms with Gasteiger partial charge in [-0.2, -0.15) is 5.10 Å². The molecule has 0 amide bonds. The molecular weight excluding hydrogens is 524 g/mol. The molecule has 3 aromatic carbocycles. The molecule has 0 radical (unpaired) electrons. The number of hydrogen-bond acceptors (Lipinski definition) is 6. The third-order valence-corrected chi connectivity index (χ3v) is 7.98. The van der Waals surface area contributed by atoms with E-state index >= 15 is 0 Å². The number of benzene rings is 3. The van der Waals surface area contributed by atoms with Gasteiger partial charge in [0.15, 0.2) is 11.6 Å². The van der Waals surface area contributed by atoms with Gasteiger partial charge in [0.25, 0.3) is 0 Å². The molecule has 3 heterocycles. The van der Waals surface area contributed by atoms with Crippen LogP contribution in [-0.2, 0) is 15.5 Å². The van der Waals surface area contributed by atoms with Crippen LogP contribution in [0.5, 0.6) is 11.5 Å². The number of anilines is 2. The molecule has 1 atom stereocenters. The van der Waals surface area contributed by atoms with Crippen LogP contribution in [0.3, 0.4) is 0 Å². The Balaban J connectivity index is 1.27.